The fraction of sp³-hybridized carbons (Fsp3) is 0.333. The summed E-state index contributed by atoms with van der Waals surface area (Å²) >= 11 is 5.76. The topological polar surface area (TPSA) is 80.4 Å². The Labute approximate surface area is 93.6 Å². The molecule has 0 saturated carbocycles. The van der Waals surface area contributed by atoms with Crippen LogP contribution < -0.4 is 5.73 Å². The predicted octanol–water partition coefficient (Wildman–Crippen LogP) is 0.736. The Balaban J connectivity index is 3.29. The summed E-state index contributed by atoms with van der Waals surface area (Å²) in [6.07, 6.45) is 1.09. The quantitative estimate of drug-likeness (QED) is 0.828. The van der Waals surface area contributed by atoms with Gasteiger partial charge in [-0.3, -0.25) is 0 Å². The molecule has 0 heterocycles. The van der Waals surface area contributed by atoms with Gasteiger partial charge in [0, 0.05) is 11.3 Å². The molecular formula is C9H12ClNO3S. The predicted molar refractivity (Wildman–Crippen MR) is 58.6 cm³/mol. The number of hydrogen-bond donors (Lipinski definition) is 2. The fourth-order valence-corrected chi connectivity index (χ4v) is 2.12. The Kier molecular flexibility index (Phi) is 3.72. The first-order chi connectivity index (χ1) is 6.84. The van der Waals surface area contributed by atoms with Crippen LogP contribution in [0.4, 0.5) is 0 Å². The number of benzene rings is 1. The molecule has 84 valence electrons. The van der Waals surface area contributed by atoms with Gasteiger partial charge in [0.2, 0.25) is 0 Å². The van der Waals surface area contributed by atoms with E-state index in [9.17, 15) is 8.42 Å². The lowest BCUT2D eigenvalue weighted by Crippen LogP contribution is -2.15. The van der Waals surface area contributed by atoms with Crippen molar-refractivity contribution in [3.63, 3.8) is 0 Å². The van der Waals surface area contributed by atoms with Crippen LogP contribution in [0.25, 0.3) is 0 Å². The molecule has 0 aliphatic carbocycles. The first-order valence-electron chi connectivity index (χ1n) is 4.21. The highest BCUT2D eigenvalue weighted by molar-refractivity contribution is 7.90. The van der Waals surface area contributed by atoms with E-state index in [1.807, 2.05) is 0 Å². The fourth-order valence-electron chi connectivity index (χ4n) is 1.12. The van der Waals surface area contributed by atoms with E-state index >= 15 is 0 Å². The lowest BCUT2D eigenvalue weighted by atomic mass is 10.1. The van der Waals surface area contributed by atoms with E-state index in [0.717, 1.165) is 6.26 Å². The first-order valence-corrected chi connectivity index (χ1v) is 6.48. The summed E-state index contributed by atoms with van der Waals surface area (Å²) in [5, 5.41) is 9.14. The minimum atomic E-state index is -3.31. The molecule has 0 aliphatic rings. The van der Waals surface area contributed by atoms with Crippen LogP contribution in [0, 0.1) is 0 Å². The lowest BCUT2D eigenvalue weighted by Gasteiger charge is -2.10. The van der Waals surface area contributed by atoms with Gasteiger partial charge in [0.25, 0.3) is 0 Å². The SMILES string of the molecule is CS(=O)(=O)c1cc(Cl)cc(C(N)CO)c1. The normalized spacial score (nSPS) is 13.9. The van der Waals surface area contributed by atoms with Gasteiger partial charge < -0.3 is 10.8 Å². The third kappa shape index (κ3) is 3.17. The number of sulfone groups is 1. The van der Waals surface area contributed by atoms with Crippen molar-refractivity contribution in [2.45, 2.75) is 10.9 Å². The zero-order valence-electron chi connectivity index (χ0n) is 8.14. The van der Waals surface area contributed by atoms with Crippen LogP contribution in [-0.4, -0.2) is 26.4 Å². The molecule has 1 atom stereocenters. The van der Waals surface area contributed by atoms with Crippen molar-refractivity contribution < 1.29 is 13.5 Å². The van der Waals surface area contributed by atoms with Crippen LogP contribution in [0.1, 0.15) is 11.6 Å². The molecule has 1 unspecified atom stereocenters. The van der Waals surface area contributed by atoms with Crippen LogP contribution >= 0.6 is 11.6 Å². The number of halogens is 1. The number of aliphatic hydroxyl groups excluding tert-OH is 1. The number of aliphatic hydroxyl groups is 1. The first kappa shape index (κ1) is 12.4. The van der Waals surface area contributed by atoms with E-state index in [1.54, 1.807) is 0 Å². The smallest absolute Gasteiger partial charge is 0.175 e. The summed E-state index contributed by atoms with van der Waals surface area (Å²) < 4.78 is 22.6. The van der Waals surface area contributed by atoms with Crippen molar-refractivity contribution in [3.05, 3.63) is 28.8 Å². The number of nitrogens with two attached hydrogens (primary N) is 1. The van der Waals surface area contributed by atoms with Gasteiger partial charge in [-0.1, -0.05) is 11.6 Å². The van der Waals surface area contributed by atoms with Gasteiger partial charge in [0.05, 0.1) is 17.5 Å². The Hall–Kier alpha value is -0.620. The highest BCUT2D eigenvalue weighted by Gasteiger charge is 2.12. The highest BCUT2D eigenvalue weighted by Crippen LogP contribution is 2.22. The molecule has 1 aromatic carbocycles. The molecule has 3 N–H and O–H groups in total. The molecule has 0 radical (unpaired) electrons. The standard InChI is InChI=1S/C9H12ClNO3S/c1-15(13,14)8-3-6(9(11)5-12)2-7(10)4-8/h2-4,9,12H,5,11H2,1H3. The molecule has 0 bridgehead atoms. The summed E-state index contributed by atoms with van der Waals surface area (Å²) in [6.45, 7) is -0.260. The van der Waals surface area contributed by atoms with Gasteiger partial charge in [-0.15, -0.1) is 0 Å². The Morgan fingerprint density at radius 1 is 1.47 bits per heavy atom. The van der Waals surface area contributed by atoms with E-state index in [4.69, 9.17) is 22.4 Å². The van der Waals surface area contributed by atoms with Crippen molar-refractivity contribution in [3.8, 4) is 0 Å². The van der Waals surface area contributed by atoms with Gasteiger partial charge in [0.15, 0.2) is 9.84 Å². The van der Waals surface area contributed by atoms with E-state index in [-0.39, 0.29) is 16.5 Å². The van der Waals surface area contributed by atoms with E-state index in [2.05, 4.69) is 0 Å². The van der Waals surface area contributed by atoms with Crippen LogP contribution in [0.15, 0.2) is 23.1 Å². The third-order valence-electron chi connectivity index (χ3n) is 1.95. The van der Waals surface area contributed by atoms with E-state index < -0.39 is 15.9 Å². The molecule has 0 fully saturated rings. The maximum Gasteiger partial charge on any atom is 0.175 e. The molecule has 0 saturated heterocycles. The second-order valence-electron chi connectivity index (χ2n) is 3.28. The summed E-state index contributed by atoms with van der Waals surface area (Å²) in [5.41, 5.74) is 6.08. The van der Waals surface area contributed by atoms with Crippen molar-refractivity contribution in [2.24, 2.45) is 5.73 Å². The van der Waals surface area contributed by atoms with Crippen LogP contribution in [-0.2, 0) is 9.84 Å². The van der Waals surface area contributed by atoms with Gasteiger partial charge in [-0.2, -0.15) is 0 Å². The molecule has 4 nitrogen and oxygen atoms in total. The van der Waals surface area contributed by atoms with Crippen molar-refractivity contribution in [1.29, 1.82) is 0 Å². The van der Waals surface area contributed by atoms with Crippen molar-refractivity contribution >= 4 is 21.4 Å². The second-order valence-corrected chi connectivity index (χ2v) is 5.73. The minimum Gasteiger partial charge on any atom is -0.394 e. The van der Waals surface area contributed by atoms with Gasteiger partial charge in [-0.05, 0) is 23.8 Å². The van der Waals surface area contributed by atoms with Gasteiger partial charge in [-0.25, -0.2) is 8.42 Å². The molecule has 0 amide bonds. The average molecular weight is 250 g/mol. The zero-order chi connectivity index (χ0) is 11.6. The van der Waals surface area contributed by atoms with Gasteiger partial charge in [0.1, 0.15) is 0 Å². The summed E-state index contributed by atoms with van der Waals surface area (Å²) in [5.74, 6) is 0. The summed E-state index contributed by atoms with van der Waals surface area (Å²) in [6, 6.07) is 3.69. The molecule has 6 heteroatoms. The second kappa shape index (κ2) is 4.49. The Bertz CT molecular complexity index is 458. The Morgan fingerprint density at radius 3 is 2.53 bits per heavy atom. The largest absolute Gasteiger partial charge is 0.394 e. The molecule has 15 heavy (non-hydrogen) atoms. The summed E-state index contributed by atoms with van der Waals surface area (Å²) in [4.78, 5) is 0.105. The monoisotopic (exact) mass is 249 g/mol. The molecule has 1 rings (SSSR count). The molecular weight excluding hydrogens is 238 g/mol. The van der Waals surface area contributed by atoms with Crippen molar-refractivity contribution in [1.82, 2.24) is 0 Å². The van der Waals surface area contributed by atoms with Crippen LogP contribution in [0.3, 0.4) is 0 Å². The van der Waals surface area contributed by atoms with Gasteiger partial charge >= 0.3 is 0 Å². The molecule has 0 aromatic heterocycles. The van der Waals surface area contributed by atoms with Crippen LogP contribution in [0.2, 0.25) is 5.02 Å². The molecule has 0 aliphatic heterocycles. The third-order valence-corrected chi connectivity index (χ3v) is 3.26. The van der Waals surface area contributed by atoms with Crippen molar-refractivity contribution in [2.75, 3.05) is 12.9 Å². The minimum absolute atomic E-state index is 0.105. The zero-order valence-corrected chi connectivity index (χ0v) is 9.72. The Morgan fingerprint density at radius 2 is 2.07 bits per heavy atom. The molecule has 1 aromatic rings. The van der Waals surface area contributed by atoms with E-state index in [0.29, 0.717) is 5.56 Å². The van der Waals surface area contributed by atoms with Crippen LogP contribution in [0.5, 0.6) is 0 Å². The number of hydrogen-bond acceptors (Lipinski definition) is 4. The number of rotatable bonds is 3. The lowest BCUT2D eigenvalue weighted by molar-refractivity contribution is 0.268. The molecule has 0 spiro atoms. The summed E-state index contributed by atoms with van der Waals surface area (Å²) in [7, 11) is -3.31. The highest BCUT2D eigenvalue weighted by atomic mass is 35.5. The maximum atomic E-state index is 11.3. The average Bonchev–Trinajstić information content (AvgIpc) is 2.14. The van der Waals surface area contributed by atoms with E-state index in [1.165, 1.54) is 18.2 Å². The maximum absolute atomic E-state index is 11.3.